The Morgan fingerprint density at radius 2 is 1.11 bits per heavy atom. The van der Waals surface area contributed by atoms with Crippen LogP contribution in [0.4, 0.5) is 17.6 Å². The first-order chi connectivity index (χ1) is 17.2. The average molecular weight is 498 g/mol. The highest BCUT2D eigenvalue weighted by molar-refractivity contribution is 5.67. The molecule has 0 N–H and O–H groups in total. The van der Waals surface area contributed by atoms with Crippen LogP contribution >= 0.6 is 0 Å². The number of rotatable bonds is 8. The monoisotopic (exact) mass is 498 g/mol. The van der Waals surface area contributed by atoms with Crippen LogP contribution < -0.4 is 18.9 Å². The summed E-state index contributed by atoms with van der Waals surface area (Å²) in [5.74, 6) is 0.677. The normalized spacial score (nSPS) is 11.2. The van der Waals surface area contributed by atoms with Crippen molar-refractivity contribution in [2.24, 2.45) is 0 Å². The van der Waals surface area contributed by atoms with Gasteiger partial charge in [-0.15, -0.1) is 13.2 Å². The second kappa shape index (κ2) is 10.6. The Labute approximate surface area is 205 Å². The predicted molar refractivity (Wildman–Crippen MR) is 128 cm³/mol. The number of benzene rings is 4. The Bertz CT molecular complexity index is 1320. The summed E-state index contributed by atoms with van der Waals surface area (Å²) in [6.07, 6.45) is -4.73. The molecule has 186 valence electrons. The molecule has 0 saturated heterocycles. The minimum Gasteiger partial charge on any atom is -0.494 e. The number of methoxy groups -OCH3 is 1. The van der Waals surface area contributed by atoms with E-state index in [1.165, 1.54) is 19.2 Å². The van der Waals surface area contributed by atoms with E-state index in [0.717, 1.165) is 16.7 Å². The zero-order valence-corrected chi connectivity index (χ0v) is 19.4. The van der Waals surface area contributed by atoms with E-state index in [9.17, 15) is 17.6 Å². The fourth-order valence-corrected chi connectivity index (χ4v) is 3.57. The maximum atomic E-state index is 13.9. The molecule has 0 spiro atoms. The van der Waals surface area contributed by atoms with Gasteiger partial charge in [0.1, 0.15) is 17.2 Å². The molecule has 0 aliphatic carbocycles. The van der Waals surface area contributed by atoms with E-state index in [2.05, 4.69) is 4.74 Å². The molecule has 0 heterocycles. The highest BCUT2D eigenvalue weighted by atomic mass is 19.4. The molecule has 0 atom stereocenters. The first kappa shape index (κ1) is 24.9. The summed E-state index contributed by atoms with van der Waals surface area (Å²) in [5.41, 5.74) is 3.49. The summed E-state index contributed by atoms with van der Waals surface area (Å²) in [6, 6.07) is 23.5. The van der Waals surface area contributed by atoms with Crippen molar-refractivity contribution in [3.05, 3.63) is 96.3 Å². The first-order valence-corrected chi connectivity index (χ1v) is 10.9. The Kier molecular flexibility index (Phi) is 7.33. The molecule has 0 aliphatic heterocycles. The second-order valence-electron chi connectivity index (χ2n) is 7.83. The molecule has 4 rings (SSSR count). The molecule has 0 radical (unpaired) electrons. The van der Waals surface area contributed by atoms with Crippen LogP contribution in [-0.4, -0.2) is 20.3 Å². The number of halogens is 4. The maximum Gasteiger partial charge on any atom is 0.573 e. The van der Waals surface area contributed by atoms with E-state index in [1.807, 2.05) is 12.1 Å². The summed E-state index contributed by atoms with van der Waals surface area (Å²) >= 11 is 0. The van der Waals surface area contributed by atoms with Crippen molar-refractivity contribution in [1.82, 2.24) is 0 Å². The lowest BCUT2D eigenvalue weighted by molar-refractivity contribution is -0.274. The van der Waals surface area contributed by atoms with Crippen LogP contribution in [0.1, 0.15) is 5.56 Å². The lowest BCUT2D eigenvalue weighted by Crippen LogP contribution is -2.17. The van der Waals surface area contributed by atoms with Gasteiger partial charge in [-0.1, -0.05) is 36.4 Å². The lowest BCUT2D eigenvalue weighted by atomic mass is 10.0. The molecule has 4 aromatic rings. The van der Waals surface area contributed by atoms with Crippen molar-refractivity contribution in [2.45, 2.75) is 13.3 Å². The van der Waals surface area contributed by atoms with Gasteiger partial charge in [0.2, 0.25) is 6.79 Å². The van der Waals surface area contributed by atoms with Crippen LogP contribution in [0.25, 0.3) is 22.3 Å². The fourth-order valence-electron chi connectivity index (χ4n) is 3.57. The van der Waals surface area contributed by atoms with Crippen molar-refractivity contribution in [1.29, 1.82) is 0 Å². The van der Waals surface area contributed by atoms with E-state index in [1.54, 1.807) is 67.6 Å². The number of aryl methyl sites for hydroxylation is 1. The van der Waals surface area contributed by atoms with Crippen LogP contribution in [0.3, 0.4) is 0 Å². The summed E-state index contributed by atoms with van der Waals surface area (Å²) in [6.45, 7) is 1.53. The SMILES string of the molecule is COc1ccc(-c2ccc(OCOc3ccc(-c4ccc(OC(F)(F)F)c(C)c4)cc3)cc2)cc1F. The smallest absolute Gasteiger partial charge is 0.494 e. The molecule has 0 amide bonds. The minimum atomic E-state index is -4.73. The van der Waals surface area contributed by atoms with Crippen LogP contribution in [0.2, 0.25) is 0 Å². The topological polar surface area (TPSA) is 36.9 Å². The molecule has 0 fully saturated rings. The third-order valence-corrected chi connectivity index (χ3v) is 5.38. The molecule has 8 heteroatoms. The molecule has 4 nitrogen and oxygen atoms in total. The van der Waals surface area contributed by atoms with Crippen molar-refractivity contribution in [2.75, 3.05) is 13.9 Å². The van der Waals surface area contributed by atoms with E-state index in [4.69, 9.17) is 14.2 Å². The maximum absolute atomic E-state index is 13.9. The molecule has 0 aromatic heterocycles. The van der Waals surface area contributed by atoms with Crippen molar-refractivity contribution in [3.8, 4) is 45.3 Å². The molecule has 0 saturated carbocycles. The van der Waals surface area contributed by atoms with Gasteiger partial charge in [0.15, 0.2) is 11.6 Å². The van der Waals surface area contributed by atoms with E-state index in [-0.39, 0.29) is 18.3 Å². The third-order valence-electron chi connectivity index (χ3n) is 5.38. The van der Waals surface area contributed by atoms with Gasteiger partial charge in [-0.3, -0.25) is 0 Å². The van der Waals surface area contributed by atoms with Gasteiger partial charge in [0, 0.05) is 0 Å². The predicted octanol–water partition coefficient (Wildman–Crippen LogP) is 7.79. The molecule has 0 aliphatic rings. The van der Waals surface area contributed by atoms with E-state index >= 15 is 0 Å². The summed E-state index contributed by atoms with van der Waals surface area (Å²) in [7, 11) is 1.42. The van der Waals surface area contributed by atoms with Crippen molar-refractivity contribution >= 4 is 0 Å². The van der Waals surface area contributed by atoms with E-state index in [0.29, 0.717) is 22.6 Å². The van der Waals surface area contributed by atoms with Crippen molar-refractivity contribution < 1.29 is 36.5 Å². The van der Waals surface area contributed by atoms with Crippen LogP contribution in [0, 0.1) is 12.7 Å². The Balaban J connectivity index is 1.32. The molecule has 36 heavy (non-hydrogen) atoms. The van der Waals surface area contributed by atoms with E-state index < -0.39 is 12.2 Å². The minimum absolute atomic E-state index is 0.0293. The molecular formula is C28H22F4O4. The number of hydrogen-bond donors (Lipinski definition) is 0. The van der Waals surface area contributed by atoms with Gasteiger partial charge in [0.05, 0.1) is 7.11 Å². The standard InChI is InChI=1S/C28H22F4O4/c1-18-15-21(7-13-26(18)36-28(30,31)32)19-3-9-23(10-4-19)34-17-35-24-11-5-20(6-12-24)22-8-14-27(33-2)25(29)16-22/h3-16H,17H2,1-2H3. The first-order valence-electron chi connectivity index (χ1n) is 10.9. The van der Waals surface area contributed by atoms with Crippen molar-refractivity contribution in [3.63, 3.8) is 0 Å². The molecule has 0 unspecified atom stereocenters. The highest BCUT2D eigenvalue weighted by Crippen LogP contribution is 2.31. The van der Waals surface area contributed by atoms with Crippen LogP contribution in [0.15, 0.2) is 84.9 Å². The Morgan fingerprint density at radius 3 is 1.56 bits per heavy atom. The fraction of sp³-hybridized carbons (Fsp3) is 0.143. The number of hydrogen-bond acceptors (Lipinski definition) is 4. The molecular weight excluding hydrogens is 476 g/mol. The van der Waals surface area contributed by atoms with Gasteiger partial charge < -0.3 is 18.9 Å². The summed E-state index contributed by atoms with van der Waals surface area (Å²) < 4.78 is 71.5. The lowest BCUT2D eigenvalue weighted by Gasteiger charge is -2.13. The molecule has 4 aromatic carbocycles. The average Bonchev–Trinajstić information content (AvgIpc) is 2.85. The Morgan fingerprint density at radius 1 is 0.639 bits per heavy atom. The van der Waals surface area contributed by atoms with Crippen LogP contribution in [-0.2, 0) is 0 Å². The molecule has 0 bridgehead atoms. The zero-order chi connectivity index (χ0) is 25.7. The summed E-state index contributed by atoms with van der Waals surface area (Å²) in [4.78, 5) is 0. The van der Waals surface area contributed by atoms with Crippen LogP contribution in [0.5, 0.6) is 23.0 Å². The van der Waals surface area contributed by atoms with Gasteiger partial charge in [-0.25, -0.2) is 4.39 Å². The van der Waals surface area contributed by atoms with Gasteiger partial charge in [-0.2, -0.15) is 0 Å². The summed E-state index contributed by atoms with van der Waals surface area (Å²) in [5, 5.41) is 0. The Hall–Kier alpha value is -4.20. The third kappa shape index (κ3) is 6.27. The van der Waals surface area contributed by atoms with Gasteiger partial charge in [0.25, 0.3) is 0 Å². The quantitative estimate of drug-likeness (QED) is 0.184. The largest absolute Gasteiger partial charge is 0.573 e. The number of alkyl halides is 3. The highest BCUT2D eigenvalue weighted by Gasteiger charge is 2.31. The second-order valence-corrected chi connectivity index (χ2v) is 7.83. The van der Waals surface area contributed by atoms with Gasteiger partial charge in [-0.05, 0) is 83.3 Å². The van der Waals surface area contributed by atoms with Gasteiger partial charge >= 0.3 is 6.36 Å². The number of ether oxygens (including phenoxy) is 4. The zero-order valence-electron chi connectivity index (χ0n) is 19.4.